The van der Waals surface area contributed by atoms with Gasteiger partial charge in [-0.1, -0.05) is 48.9 Å². The van der Waals surface area contributed by atoms with E-state index in [1.807, 2.05) is 36.1 Å². The van der Waals surface area contributed by atoms with Crippen LogP contribution in [0.3, 0.4) is 0 Å². The summed E-state index contributed by atoms with van der Waals surface area (Å²) >= 11 is 0. The maximum atomic E-state index is 12.9. The van der Waals surface area contributed by atoms with Gasteiger partial charge < -0.3 is 10.2 Å². The first kappa shape index (κ1) is 16.6. The number of carbonyl (C=O) groups is 1. The predicted molar refractivity (Wildman–Crippen MR) is 99.2 cm³/mol. The van der Waals surface area contributed by atoms with Crippen molar-refractivity contribution in [1.29, 1.82) is 0 Å². The Hall–Kier alpha value is -2.29. The van der Waals surface area contributed by atoms with E-state index < -0.39 is 0 Å². The van der Waals surface area contributed by atoms with Crippen LogP contribution in [0.15, 0.2) is 48.5 Å². The lowest BCUT2D eigenvalue weighted by atomic mass is 9.86. The van der Waals surface area contributed by atoms with E-state index in [4.69, 9.17) is 0 Å². The summed E-state index contributed by atoms with van der Waals surface area (Å²) in [6.07, 6.45) is 2.22. The van der Waals surface area contributed by atoms with Crippen molar-refractivity contribution in [3.63, 3.8) is 0 Å². The van der Waals surface area contributed by atoms with Crippen LogP contribution in [-0.4, -0.2) is 17.5 Å². The summed E-state index contributed by atoms with van der Waals surface area (Å²) < 4.78 is 0. The molecule has 2 aromatic rings. The maximum Gasteiger partial charge on any atom is 0.322 e. The molecule has 1 N–H and O–H groups in total. The van der Waals surface area contributed by atoms with Crippen LogP contribution < -0.4 is 5.32 Å². The van der Waals surface area contributed by atoms with Crippen molar-refractivity contribution in [2.24, 2.45) is 5.92 Å². The molecular formula is C21H26N2O. The fourth-order valence-corrected chi connectivity index (χ4v) is 3.61. The van der Waals surface area contributed by atoms with Crippen LogP contribution in [-0.2, 0) is 0 Å². The molecule has 24 heavy (non-hydrogen) atoms. The predicted octanol–water partition coefficient (Wildman–Crippen LogP) is 5.31. The first-order valence-electron chi connectivity index (χ1n) is 8.75. The first-order chi connectivity index (χ1) is 11.5. The third-order valence-corrected chi connectivity index (χ3v) is 4.88. The third-order valence-electron chi connectivity index (χ3n) is 4.88. The molecule has 2 amide bonds. The van der Waals surface area contributed by atoms with Crippen molar-refractivity contribution in [2.75, 3.05) is 11.9 Å². The minimum Gasteiger partial charge on any atom is -0.317 e. The Labute approximate surface area is 144 Å². The summed E-state index contributed by atoms with van der Waals surface area (Å²) in [6, 6.07) is 16.7. The third kappa shape index (κ3) is 3.61. The van der Waals surface area contributed by atoms with Gasteiger partial charge in [-0.25, -0.2) is 4.79 Å². The van der Waals surface area contributed by atoms with E-state index in [0.717, 1.165) is 30.6 Å². The lowest BCUT2D eigenvalue weighted by molar-refractivity contribution is 0.129. The Morgan fingerprint density at radius 1 is 1.08 bits per heavy atom. The second kappa shape index (κ2) is 7.08. The van der Waals surface area contributed by atoms with Crippen LogP contribution >= 0.6 is 0 Å². The van der Waals surface area contributed by atoms with Gasteiger partial charge in [0, 0.05) is 12.2 Å². The Morgan fingerprint density at radius 3 is 2.54 bits per heavy atom. The number of aryl methyl sites for hydroxylation is 2. The van der Waals surface area contributed by atoms with E-state index in [1.165, 1.54) is 11.1 Å². The zero-order valence-corrected chi connectivity index (χ0v) is 14.8. The number of benzene rings is 2. The molecule has 3 heteroatoms. The molecule has 1 fully saturated rings. The van der Waals surface area contributed by atoms with Crippen LogP contribution in [0, 0.1) is 19.8 Å². The van der Waals surface area contributed by atoms with Crippen molar-refractivity contribution >= 4 is 11.7 Å². The topological polar surface area (TPSA) is 32.3 Å². The molecule has 1 saturated heterocycles. The molecule has 0 bridgehead atoms. The molecule has 0 saturated carbocycles. The van der Waals surface area contributed by atoms with Gasteiger partial charge in [0.05, 0.1) is 6.04 Å². The Balaban J connectivity index is 1.83. The Morgan fingerprint density at radius 2 is 1.83 bits per heavy atom. The minimum absolute atomic E-state index is 0.00211. The van der Waals surface area contributed by atoms with Crippen molar-refractivity contribution in [2.45, 2.75) is 39.7 Å². The minimum atomic E-state index is -0.00211. The highest BCUT2D eigenvalue weighted by Gasteiger charge is 2.33. The average Bonchev–Trinajstić information content (AvgIpc) is 2.55. The van der Waals surface area contributed by atoms with Gasteiger partial charge in [0.25, 0.3) is 0 Å². The molecule has 126 valence electrons. The number of rotatable bonds is 2. The molecule has 1 aliphatic rings. The van der Waals surface area contributed by atoms with Crippen LogP contribution in [0.2, 0.25) is 0 Å². The molecule has 0 unspecified atom stereocenters. The largest absolute Gasteiger partial charge is 0.322 e. The number of nitrogens with one attached hydrogen (secondary N) is 1. The molecule has 0 aromatic heterocycles. The lowest BCUT2D eigenvalue weighted by Crippen LogP contribution is -2.44. The highest BCUT2D eigenvalue weighted by molar-refractivity contribution is 5.89. The van der Waals surface area contributed by atoms with Gasteiger partial charge in [-0.05, 0) is 55.9 Å². The molecule has 0 aliphatic carbocycles. The number of likely N-dealkylation sites (tertiary alicyclic amines) is 1. The molecule has 1 aliphatic heterocycles. The molecular weight excluding hydrogens is 296 g/mol. The molecule has 2 aromatic carbocycles. The van der Waals surface area contributed by atoms with Crippen LogP contribution in [0.25, 0.3) is 0 Å². The van der Waals surface area contributed by atoms with Crippen molar-refractivity contribution in [1.82, 2.24) is 4.90 Å². The molecule has 3 nitrogen and oxygen atoms in total. The average molecular weight is 322 g/mol. The van der Waals surface area contributed by atoms with Gasteiger partial charge in [0.15, 0.2) is 0 Å². The molecule has 3 rings (SSSR count). The summed E-state index contributed by atoms with van der Waals surface area (Å²) in [5.74, 6) is 0.463. The molecule has 0 radical (unpaired) electrons. The smallest absolute Gasteiger partial charge is 0.317 e. The number of nitrogens with zero attached hydrogens (tertiary/aromatic N) is 1. The van der Waals surface area contributed by atoms with Crippen molar-refractivity contribution in [3.05, 3.63) is 65.2 Å². The van der Waals surface area contributed by atoms with Gasteiger partial charge in [-0.3, -0.25) is 0 Å². The zero-order chi connectivity index (χ0) is 17.1. The monoisotopic (exact) mass is 322 g/mol. The van der Waals surface area contributed by atoms with E-state index in [2.05, 4.69) is 43.4 Å². The maximum absolute atomic E-state index is 12.9. The van der Waals surface area contributed by atoms with Crippen LogP contribution in [0.5, 0.6) is 0 Å². The van der Waals surface area contributed by atoms with E-state index in [1.54, 1.807) is 0 Å². The summed E-state index contributed by atoms with van der Waals surface area (Å²) in [5, 5.41) is 3.07. The van der Waals surface area contributed by atoms with Crippen molar-refractivity contribution < 1.29 is 4.79 Å². The van der Waals surface area contributed by atoms with Crippen LogP contribution in [0.4, 0.5) is 10.5 Å². The number of piperidine rings is 1. The Bertz CT molecular complexity index is 708. The zero-order valence-electron chi connectivity index (χ0n) is 14.8. The van der Waals surface area contributed by atoms with E-state index in [0.29, 0.717) is 5.92 Å². The van der Waals surface area contributed by atoms with Gasteiger partial charge in [0.2, 0.25) is 0 Å². The fraction of sp³-hybridized carbons (Fsp3) is 0.381. The Kier molecular flexibility index (Phi) is 4.89. The number of carbonyl (C=O) groups excluding carboxylic acids is 1. The summed E-state index contributed by atoms with van der Waals surface area (Å²) in [5.41, 5.74) is 4.49. The number of hydrogen-bond donors (Lipinski definition) is 1. The summed E-state index contributed by atoms with van der Waals surface area (Å²) in [7, 11) is 0. The van der Waals surface area contributed by atoms with Gasteiger partial charge in [0.1, 0.15) is 0 Å². The van der Waals surface area contributed by atoms with Crippen molar-refractivity contribution in [3.8, 4) is 0 Å². The standard InChI is InChI=1S/C21H26N2O/c1-15-9-11-18(12-10-15)20-17(3)7-5-13-23(20)21(24)22-19-8-4-6-16(2)14-19/h4,6,8-12,14,17,20H,5,7,13H2,1-3H3,(H,22,24)/t17-,20+/m0/s1. The normalized spacial score (nSPS) is 20.7. The molecule has 1 heterocycles. The number of amides is 2. The highest BCUT2D eigenvalue weighted by atomic mass is 16.2. The second-order valence-corrected chi connectivity index (χ2v) is 6.97. The molecule has 0 spiro atoms. The van der Waals surface area contributed by atoms with Crippen LogP contribution in [0.1, 0.15) is 42.5 Å². The quantitative estimate of drug-likeness (QED) is 0.798. The SMILES string of the molecule is Cc1ccc([C@H]2[C@@H](C)CCCN2C(=O)Nc2cccc(C)c2)cc1. The highest BCUT2D eigenvalue weighted by Crippen LogP contribution is 2.36. The fourth-order valence-electron chi connectivity index (χ4n) is 3.61. The second-order valence-electron chi connectivity index (χ2n) is 6.97. The van der Waals surface area contributed by atoms with E-state index in [9.17, 15) is 4.79 Å². The number of urea groups is 1. The van der Waals surface area contributed by atoms with Gasteiger partial charge >= 0.3 is 6.03 Å². The van der Waals surface area contributed by atoms with E-state index >= 15 is 0 Å². The number of hydrogen-bond acceptors (Lipinski definition) is 1. The first-order valence-corrected chi connectivity index (χ1v) is 8.75. The molecule has 2 atom stereocenters. The summed E-state index contributed by atoms with van der Waals surface area (Å²) in [4.78, 5) is 14.9. The van der Waals surface area contributed by atoms with E-state index in [-0.39, 0.29) is 12.1 Å². The number of anilines is 1. The van der Waals surface area contributed by atoms with Gasteiger partial charge in [-0.2, -0.15) is 0 Å². The summed E-state index contributed by atoms with van der Waals surface area (Å²) in [6.45, 7) is 7.18. The lowest BCUT2D eigenvalue weighted by Gasteiger charge is -2.40. The van der Waals surface area contributed by atoms with Gasteiger partial charge in [-0.15, -0.1) is 0 Å².